The fourth-order valence-corrected chi connectivity index (χ4v) is 3.56. The Morgan fingerprint density at radius 1 is 0.969 bits per heavy atom. The van der Waals surface area contributed by atoms with E-state index in [2.05, 4.69) is 19.2 Å². The van der Waals surface area contributed by atoms with E-state index in [1.54, 1.807) is 4.90 Å². The minimum atomic E-state index is -0.554. The van der Waals surface area contributed by atoms with Crippen LogP contribution in [-0.4, -0.2) is 35.4 Å². The zero-order chi connectivity index (χ0) is 23.7. The smallest absolute Gasteiger partial charge is 0.261 e. The molecule has 0 saturated carbocycles. The van der Waals surface area contributed by atoms with Crippen molar-refractivity contribution in [2.75, 3.05) is 6.61 Å². The lowest BCUT2D eigenvalue weighted by atomic mass is 10.0. The van der Waals surface area contributed by atoms with Gasteiger partial charge >= 0.3 is 0 Å². The molecule has 2 amide bonds. The van der Waals surface area contributed by atoms with Crippen molar-refractivity contribution in [1.82, 2.24) is 10.2 Å². The van der Waals surface area contributed by atoms with Gasteiger partial charge in [0.05, 0.1) is 0 Å². The van der Waals surface area contributed by atoms with Crippen molar-refractivity contribution in [3.05, 3.63) is 65.2 Å². The fourth-order valence-electron chi connectivity index (χ4n) is 3.56. The molecule has 0 saturated heterocycles. The molecule has 0 radical (unpaired) electrons. The Kier molecular flexibility index (Phi) is 9.76. The highest BCUT2D eigenvalue weighted by Gasteiger charge is 2.29. The molecule has 0 fully saturated rings. The van der Waals surface area contributed by atoms with Crippen molar-refractivity contribution in [3.63, 3.8) is 0 Å². The van der Waals surface area contributed by atoms with Crippen molar-refractivity contribution in [3.8, 4) is 5.75 Å². The van der Waals surface area contributed by atoms with Crippen LogP contribution in [0.4, 0.5) is 0 Å². The molecule has 5 nitrogen and oxygen atoms in total. The third-order valence-electron chi connectivity index (χ3n) is 5.75. The van der Waals surface area contributed by atoms with Crippen molar-refractivity contribution in [2.45, 2.75) is 78.9 Å². The van der Waals surface area contributed by atoms with Crippen LogP contribution in [0.15, 0.2) is 48.5 Å². The summed E-state index contributed by atoms with van der Waals surface area (Å²) in [6.07, 6.45) is 1.37. The van der Waals surface area contributed by atoms with E-state index in [4.69, 9.17) is 4.74 Å². The number of amides is 2. The van der Waals surface area contributed by atoms with Crippen molar-refractivity contribution in [1.29, 1.82) is 0 Å². The van der Waals surface area contributed by atoms with Crippen LogP contribution in [0, 0.1) is 6.92 Å². The minimum Gasteiger partial charge on any atom is -0.483 e. The number of rotatable bonds is 11. The number of carbonyl (C=O) groups excluding carboxylic acids is 2. The molecule has 0 heterocycles. The van der Waals surface area contributed by atoms with Crippen LogP contribution in [0.5, 0.6) is 5.75 Å². The van der Waals surface area contributed by atoms with Crippen LogP contribution in [-0.2, 0) is 16.1 Å². The molecule has 2 rings (SSSR count). The van der Waals surface area contributed by atoms with Gasteiger partial charge in [0, 0.05) is 12.6 Å². The van der Waals surface area contributed by atoms with Crippen LogP contribution >= 0.6 is 0 Å². The Labute approximate surface area is 193 Å². The Bertz CT molecular complexity index is 877. The monoisotopic (exact) mass is 438 g/mol. The van der Waals surface area contributed by atoms with Crippen molar-refractivity contribution < 1.29 is 14.3 Å². The first-order valence-corrected chi connectivity index (χ1v) is 11.6. The summed E-state index contributed by atoms with van der Waals surface area (Å²) >= 11 is 0. The van der Waals surface area contributed by atoms with Crippen molar-refractivity contribution >= 4 is 11.8 Å². The third-order valence-corrected chi connectivity index (χ3v) is 5.75. The largest absolute Gasteiger partial charge is 0.483 e. The highest BCUT2D eigenvalue weighted by molar-refractivity contribution is 5.88. The van der Waals surface area contributed by atoms with E-state index >= 15 is 0 Å². The number of aryl methyl sites for hydroxylation is 1. The summed E-state index contributed by atoms with van der Waals surface area (Å²) in [6.45, 7) is 12.4. The summed E-state index contributed by atoms with van der Waals surface area (Å²) in [5, 5.41) is 3.04. The molecule has 0 aliphatic carbocycles. The maximum Gasteiger partial charge on any atom is 0.261 e. The van der Waals surface area contributed by atoms with Crippen LogP contribution < -0.4 is 10.1 Å². The molecule has 0 aromatic heterocycles. The van der Waals surface area contributed by atoms with Gasteiger partial charge in [0.25, 0.3) is 5.91 Å². The molecule has 2 aromatic rings. The lowest BCUT2D eigenvalue weighted by Gasteiger charge is -2.31. The second-order valence-electron chi connectivity index (χ2n) is 8.73. The quantitative estimate of drug-likeness (QED) is 0.523. The van der Waals surface area contributed by atoms with E-state index in [1.807, 2.05) is 76.2 Å². The Morgan fingerprint density at radius 3 is 2.22 bits per heavy atom. The average Bonchev–Trinajstić information content (AvgIpc) is 2.78. The maximum atomic E-state index is 13.4. The van der Waals surface area contributed by atoms with E-state index in [9.17, 15) is 9.59 Å². The average molecular weight is 439 g/mol. The number of ether oxygens (including phenoxy) is 1. The number of hydrogen-bond donors (Lipinski definition) is 1. The third kappa shape index (κ3) is 7.11. The van der Waals surface area contributed by atoms with Gasteiger partial charge < -0.3 is 15.0 Å². The van der Waals surface area contributed by atoms with Gasteiger partial charge in [-0.3, -0.25) is 9.59 Å². The predicted octanol–water partition coefficient (Wildman–Crippen LogP) is 5.22. The van der Waals surface area contributed by atoms with Crippen LogP contribution in [0.25, 0.3) is 0 Å². The zero-order valence-electron chi connectivity index (χ0n) is 20.4. The molecule has 2 aromatic carbocycles. The molecule has 0 bridgehead atoms. The predicted molar refractivity (Wildman–Crippen MR) is 130 cm³/mol. The second-order valence-corrected chi connectivity index (χ2v) is 8.73. The van der Waals surface area contributed by atoms with Gasteiger partial charge in [0.1, 0.15) is 11.8 Å². The van der Waals surface area contributed by atoms with Crippen LogP contribution in [0.2, 0.25) is 0 Å². The maximum absolute atomic E-state index is 13.4. The van der Waals surface area contributed by atoms with E-state index in [0.717, 1.165) is 23.1 Å². The minimum absolute atomic E-state index is 0.0574. The fraction of sp³-hybridized carbons (Fsp3) is 0.481. The Hall–Kier alpha value is -2.82. The van der Waals surface area contributed by atoms with E-state index in [0.29, 0.717) is 18.7 Å². The summed E-state index contributed by atoms with van der Waals surface area (Å²) in [5.41, 5.74) is 3.20. The molecule has 0 aliphatic rings. The normalized spacial score (nSPS) is 12.8. The molecule has 174 valence electrons. The van der Waals surface area contributed by atoms with Gasteiger partial charge in [-0.25, -0.2) is 0 Å². The Morgan fingerprint density at radius 2 is 1.62 bits per heavy atom. The summed E-state index contributed by atoms with van der Waals surface area (Å²) in [5.74, 6) is 0.679. The van der Waals surface area contributed by atoms with Gasteiger partial charge in [0.15, 0.2) is 6.61 Å². The van der Waals surface area contributed by atoms with E-state index in [-0.39, 0.29) is 30.4 Å². The van der Waals surface area contributed by atoms with Gasteiger partial charge in [-0.15, -0.1) is 0 Å². The molecule has 5 heteroatoms. The number of carbonyl (C=O) groups is 2. The summed E-state index contributed by atoms with van der Waals surface area (Å²) < 4.78 is 5.95. The molecular weight excluding hydrogens is 400 g/mol. The summed E-state index contributed by atoms with van der Waals surface area (Å²) in [4.78, 5) is 28.0. The summed E-state index contributed by atoms with van der Waals surface area (Å²) in [7, 11) is 0. The number of benzene rings is 2. The molecular formula is C27H38N2O3. The zero-order valence-corrected chi connectivity index (χ0v) is 20.4. The number of nitrogens with one attached hydrogen (secondary N) is 1. The first-order valence-electron chi connectivity index (χ1n) is 11.6. The lowest BCUT2D eigenvalue weighted by Crippen LogP contribution is -2.51. The number of nitrogens with zero attached hydrogens (tertiary/aromatic N) is 1. The molecule has 0 spiro atoms. The molecule has 0 aliphatic heterocycles. The number of hydrogen-bond acceptors (Lipinski definition) is 3. The molecule has 2 atom stereocenters. The van der Waals surface area contributed by atoms with E-state index in [1.165, 1.54) is 0 Å². The van der Waals surface area contributed by atoms with E-state index < -0.39 is 6.04 Å². The first kappa shape index (κ1) is 25.4. The Balaban J connectivity index is 2.24. The highest BCUT2D eigenvalue weighted by atomic mass is 16.5. The lowest BCUT2D eigenvalue weighted by molar-refractivity contribution is -0.143. The van der Waals surface area contributed by atoms with Crippen LogP contribution in [0.1, 0.15) is 70.1 Å². The molecule has 1 N–H and O–H groups in total. The SMILES string of the molecule is CC[C@@H](C)NC(=O)[C@H](CC)N(Cc1ccc(C)cc1)C(=O)COc1ccccc1C(C)C. The van der Waals surface area contributed by atoms with Gasteiger partial charge in [-0.2, -0.15) is 0 Å². The van der Waals surface area contributed by atoms with Gasteiger partial charge in [-0.05, 0) is 49.8 Å². The van der Waals surface area contributed by atoms with Crippen LogP contribution in [0.3, 0.4) is 0 Å². The molecule has 32 heavy (non-hydrogen) atoms. The molecule has 0 unspecified atom stereocenters. The highest BCUT2D eigenvalue weighted by Crippen LogP contribution is 2.26. The second kappa shape index (κ2) is 12.3. The summed E-state index contributed by atoms with van der Waals surface area (Å²) in [6, 6.07) is 15.3. The standard InChI is InChI=1S/C27H38N2O3/c1-7-21(6)28-27(31)24(8-2)29(17-22-15-13-20(5)14-16-22)26(30)18-32-25-12-10-9-11-23(25)19(3)4/h9-16,19,21,24H,7-8,17-18H2,1-6H3,(H,28,31)/t21-,24+/m1/s1. The number of para-hydroxylation sites is 1. The van der Waals surface area contributed by atoms with Gasteiger partial charge in [-0.1, -0.05) is 75.7 Å². The van der Waals surface area contributed by atoms with Crippen molar-refractivity contribution in [2.24, 2.45) is 0 Å². The topological polar surface area (TPSA) is 58.6 Å². The first-order chi connectivity index (χ1) is 15.3. The van der Waals surface area contributed by atoms with Gasteiger partial charge in [0.2, 0.25) is 5.91 Å².